The fourth-order valence-electron chi connectivity index (χ4n) is 1.47. The van der Waals surface area contributed by atoms with Crippen LogP contribution in [0.3, 0.4) is 0 Å². The Morgan fingerprint density at radius 2 is 2.00 bits per heavy atom. The number of ether oxygens (including phenoxy) is 1. The predicted octanol–water partition coefficient (Wildman–Crippen LogP) is 2.64. The van der Waals surface area contributed by atoms with Crippen molar-refractivity contribution in [3.63, 3.8) is 0 Å². The summed E-state index contributed by atoms with van der Waals surface area (Å²) in [7, 11) is -2.42. The van der Waals surface area contributed by atoms with Crippen LogP contribution in [0, 0.1) is 5.82 Å². The van der Waals surface area contributed by atoms with Crippen molar-refractivity contribution in [3.05, 3.63) is 24.0 Å². The SMILES string of the molecule is COc1ccc(F)cc1S(=O)(=O)NCCSC(C)(C)C. The molecule has 1 rings (SSSR count). The van der Waals surface area contributed by atoms with Crippen molar-refractivity contribution in [2.24, 2.45) is 0 Å². The van der Waals surface area contributed by atoms with Gasteiger partial charge in [0.25, 0.3) is 0 Å². The molecule has 114 valence electrons. The van der Waals surface area contributed by atoms with Gasteiger partial charge in [0, 0.05) is 17.0 Å². The van der Waals surface area contributed by atoms with E-state index in [1.54, 1.807) is 11.8 Å². The fraction of sp³-hybridized carbons (Fsp3) is 0.538. The molecule has 0 aliphatic heterocycles. The van der Waals surface area contributed by atoms with E-state index in [2.05, 4.69) is 25.5 Å². The minimum absolute atomic E-state index is 0.0714. The van der Waals surface area contributed by atoms with Crippen molar-refractivity contribution in [2.75, 3.05) is 19.4 Å². The smallest absolute Gasteiger partial charge is 0.244 e. The minimum Gasteiger partial charge on any atom is -0.495 e. The fourth-order valence-corrected chi connectivity index (χ4v) is 3.63. The Morgan fingerprint density at radius 3 is 2.55 bits per heavy atom. The summed E-state index contributed by atoms with van der Waals surface area (Å²) in [5.74, 6) is 0.151. The van der Waals surface area contributed by atoms with Crippen LogP contribution in [0.15, 0.2) is 23.1 Å². The van der Waals surface area contributed by atoms with Crippen molar-refractivity contribution in [3.8, 4) is 5.75 Å². The molecular weight excluding hydrogens is 301 g/mol. The summed E-state index contributed by atoms with van der Waals surface area (Å²) in [4.78, 5) is -0.180. The number of sulfonamides is 1. The third-order valence-corrected chi connectivity index (χ3v) is 5.10. The zero-order valence-electron chi connectivity index (χ0n) is 12.1. The van der Waals surface area contributed by atoms with Gasteiger partial charge in [-0.15, -0.1) is 0 Å². The van der Waals surface area contributed by atoms with Crippen molar-refractivity contribution < 1.29 is 17.5 Å². The van der Waals surface area contributed by atoms with Gasteiger partial charge in [0.1, 0.15) is 16.5 Å². The molecule has 0 aliphatic rings. The van der Waals surface area contributed by atoms with Crippen LogP contribution >= 0.6 is 11.8 Å². The molecule has 0 atom stereocenters. The molecule has 1 aromatic carbocycles. The first-order valence-corrected chi connectivity index (χ1v) is 8.60. The molecule has 0 amide bonds. The summed E-state index contributed by atoms with van der Waals surface area (Å²) in [6, 6.07) is 3.42. The average molecular weight is 321 g/mol. The number of hydrogen-bond acceptors (Lipinski definition) is 4. The Bertz CT molecular complexity index is 553. The third-order valence-electron chi connectivity index (χ3n) is 2.34. The Kier molecular flexibility index (Phi) is 5.85. The molecular formula is C13H20FNO3S2. The van der Waals surface area contributed by atoms with Crippen LogP contribution in [0.4, 0.5) is 4.39 Å². The monoisotopic (exact) mass is 321 g/mol. The number of hydrogen-bond donors (Lipinski definition) is 1. The summed E-state index contributed by atoms with van der Waals surface area (Å²) in [5.41, 5.74) is 0. The highest BCUT2D eigenvalue weighted by Crippen LogP contribution is 2.25. The average Bonchev–Trinajstić information content (AvgIpc) is 2.33. The Morgan fingerprint density at radius 1 is 1.35 bits per heavy atom. The number of benzene rings is 1. The van der Waals surface area contributed by atoms with Crippen LogP contribution in [-0.2, 0) is 10.0 Å². The van der Waals surface area contributed by atoms with Crippen LogP contribution in [0.2, 0.25) is 0 Å². The van der Waals surface area contributed by atoms with E-state index in [0.29, 0.717) is 5.75 Å². The van der Waals surface area contributed by atoms with Crippen LogP contribution in [0.1, 0.15) is 20.8 Å². The maximum absolute atomic E-state index is 13.2. The van der Waals surface area contributed by atoms with Crippen LogP contribution < -0.4 is 9.46 Å². The lowest BCUT2D eigenvalue weighted by Crippen LogP contribution is -2.27. The normalized spacial score (nSPS) is 12.4. The van der Waals surface area contributed by atoms with Crippen molar-refractivity contribution in [1.29, 1.82) is 0 Å². The molecule has 0 saturated heterocycles. The van der Waals surface area contributed by atoms with E-state index in [1.165, 1.54) is 13.2 Å². The summed E-state index contributed by atoms with van der Waals surface area (Å²) in [6.07, 6.45) is 0. The number of thioether (sulfide) groups is 1. The first kappa shape index (κ1) is 17.3. The van der Waals surface area contributed by atoms with Gasteiger partial charge >= 0.3 is 0 Å². The Hall–Kier alpha value is -0.790. The topological polar surface area (TPSA) is 55.4 Å². The summed E-state index contributed by atoms with van der Waals surface area (Å²) < 4.78 is 44.9. The van der Waals surface area contributed by atoms with E-state index in [0.717, 1.165) is 12.1 Å². The molecule has 0 saturated carbocycles. The molecule has 7 heteroatoms. The van der Waals surface area contributed by atoms with E-state index >= 15 is 0 Å². The quantitative estimate of drug-likeness (QED) is 0.819. The second-order valence-corrected chi connectivity index (χ2v) is 8.81. The molecule has 1 aromatic rings. The van der Waals surface area contributed by atoms with Crippen LogP contribution in [0.5, 0.6) is 5.75 Å². The highest BCUT2D eigenvalue weighted by Gasteiger charge is 2.20. The van der Waals surface area contributed by atoms with Gasteiger partial charge in [-0.1, -0.05) is 20.8 Å². The van der Waals surface area contributed by atoms with Gasteiger partial charge in [-0.25, -0.2) is 17.5 Å². The molecule has 1 N–H and O–H groups in total. The maximum Gasteiger partial charge on any atom is 0.244 e. The van der Waals surface area contributed by atoms with Crippen LogP contribution in [0.25, 0.3) is 0 Å². The molecule has 4 nitrogen and oxygen atoms in total. The maximum atomic E-state index is 13.2. The molecule has 0 fully saturated rings. The van der Waals surface area contributed by atoms with Gasteiger partial charge in [-0.05, 0) is 18.2 Å². The van der Waals surface area contributed by atoms with Crippen molar-refractivity contribution >= 4 is 21.8 Å². The van der Waals surface area contributed by atoms with Gasteiger partial charge < -0.3 is 4.74 Å². The molecule has 20 heavy (non-hydrogen) atoms. The molecule has 0 spiro atoms. The van der Waals surface area contributed by atoms with Gasteiger partial charge in [-0.2, -0.15) is 11.8 Å². The Balaban J connectivity index is 2.77. The lowest BCUT2D eigenvalue weighted by atomic mass is 10.3. The van der Waals surface area contributed by atoms with E-state index in [9.17, 15) is 12.8 Å². The molecule has 0 aliphatic carbocycles. The van der Waals surface area contributed by atoms with Gasteiger partial charge in [0.05, 0.1) is 7.11 Å². The summed E-state index contributed by atoms with van der Waals surface area (Å²) in [5, 5.41) is 0. The minimum atomic E-state index is -3.77. The standard InChI is InChI=1S/C13H20FNO3S2/c1-13(2,3)19-8-7-15-20(16,17)12-9-10(14)5-6-11(12)18-4/h5-6,9,15H,7-8H2,1-4H3. The predicted molar refractivity (Wildman–Crippen MR) is 80.4 cm³/mol. The first-order chi connectivity index (χ1) is 9.15. The molecule has 0 unspecified atom stereocenters. The second kappa shape index (κ2) is 6.78. The largest absolute Gasteiger partial charge is 0.495 e. The summed E-state index contributed by atoms with van der Waals surface area (Å²) >= 11 is 1.65. The van der Waals surface area contributed by atoms with E-state index in [-0.39, 0.29) is 21.9 Å². The van der Waals surface area contributed by atoms with Crippen molar-refractivity contribution in [2.45, 2.75) is 30.4 Å². The van der Waals surface area contributed by atoms with E-state index in [1.807, 2.05) is 0 Å². The third kappa shape index (κ3) is 5.30. The summed E-state index contributed by atoms with van der Waals surface area (Å²) in [6.45, 7) is 6.45. The number of methoxy groups -OCH3 is 1. The van der Waals surface area contributed by atoms with Gasteiger partial charge in [-0.3, -0.25) is 0 Å². The second-order valence-electron chi connectivity index (χ2n) is 5.15. The van der Waals surface area contributed by atoms with E-state index < -0.39 is 15.8 Å². The van der Waals surface area contributed by atoms with Gasteiger partial charge in [0.15, 0.2) is 0 Å². The van der Waals surface area contributed by atoms with Crippen molar-refractivity contribution in [1.82, 2.24) is 4.72 Å². The lowest BCUT2D eigenvalue weighted by molar-refractivity contribution is 0.400. The first-order valence-electron chi connectivity index (χ1n) is 6.13. The number of rotatable bonds is 6. The highest BCUT2D eigenvalue weighted by atomic mass is 32.2. The molecule has 0 heterocycles. The Labute approximate surface area is 124 Å². The number of nitrogens with one attached hydrogen (secondary N) is 1. The van der Waals surface area contributed by atoms with Crippen LogP contribution in [-0.4, -0.2) is 32.6 Å². The zero-order chi connectivity index (χ0) is 15.4. The molecule has 0 radical (unpaired) electrons. The highest BCUT2D eigenvalue weighted by molar-refractivity contribution is 8.00. The lowest BCUT2D eigenvalue weighted by Gasteiger charge is -2.17. The number of halogens is 1. The molecule has 0 bridgehead atoms. The molecule has 0 aromatic heterocycles. The van der Waals surface area contributed by atoms with E-state index in [4.69, 9.17) is 4.74 Å². The van der Waals surface area contributed by atoms with Gasteiger partial charge in [0.2, 0.25) is 10.0 Å². The zero-order valence-corrected chi connectivity index (χ0v) is 13.7.